The van der Waals surface area contributed by atoms with Crippen LogP contribution in [0.5, 0.6) is 5.75 Å². The van der Waals surface area contributed by atoms with Gasteiger partial charge in [-0.15, -0.1) is 11.8 Å². The largest absolute Gasteiger partial charge is 0.494 e. The summed E-state index contributed by atoms with van der Waals surface area (Å²) in [6.45, 7) is 6.63. The van der Waals surface area contributed by atoms with Crippen LogP contribution in [0, 0.1) is 11.8 Å². The summed E-state index contributed by atoms with van der Waals surface area (Å²) in [6, 6.07) is 6.84. The summed E-state index contributed by atoms with van der Waals surface area (Å²) in [5, 5.41) is 9.19. The van der Waals surface area contributed by atoms with E-state index in [9.17, 15) is 19.5 Å². The lowest BCUT2D eigenvalue weighted by Crippen LogP contribution is -2.53. The van der Waals surface area contributed by atoms with E-state index in [0.29, 0.717) is 45.6 Å². The van der Waals surface area contributed by atoms with Crippen LogP contribution in [0.2, 0.25) is 0 Å². The third kappa shape index (κ3) is 4.88. The van der Waals surface area contributed by atoms with Gasteiger partial charge < -0.3 is 24.5 Å². The SMILES string of the molecule is CCCCN1CC=C[C@]23S[C@H]4C=CCN(c5ccc(OCC)cc5)C(=O)[C@H]4[C@H]2C(=O)N(CCCCO)C3C1=O. The molecule has 1 aromatic carbocycles. The maximum Gasteiger partial charge on any atom is 0.247 e. The molecule has 39 heavy (non-hydrogen) atoms. The molecule has 5 rings (SSSR count). The van der Waals surface area contributed by atoms with E-state index in [1.807, 2.05) is 48.2 Å². The molecule has 4 aliphatic heterocycles. The molecule has 5 atom stereocenters. The minimum atomic E-state index is -0.800. The van der Waals surface area contributed by atoms with Gasteiger partial charge in [0.15, 0.2) is 0 Å². The summed E-state index contributed by atoms with van der Waals surface area (Å²) in [6.07, 6.45) is 11.2. The van der Waals surface area contributed by atoms with Gasteiger partial charge in [-0.2, -0.15) is 0 Å². The number of ether oxygens (including phenoxy) is 1. The van der Waals surface area contributed by atoms with Crippen molar-refractivity contribution in [3.05, 3.63) is 48.6 Å². The number of thioether (sulfide) groups is 1. The number of rotatable bonds is 10. The Morgan fingerprint density at radius 3 is 2.49 bits per heavy atom. The number of benzene rings is 1. The Hall–Kier alpha value is -2.78. The molecule has 0 aromatic heterocycles. The second-order valence-corrected chi connectivity index (χ2v) is 12.1. The Morgan fingerprint density at radius 1 is 0.974 bits per heavy atom. The van der Waals surface area contributed by atoms with Crippen LogP contribution in [0.3, 0.4) is 0 Å². The number of amides is 3. The van der Waals surface area contributed by atoms with Crippen molar-refractivity contribution >= 4 is 35.2 Å². The van der Waals surface area contributed by atoms with Crippen LogP contribution in [0.4, 0.5) is 5.69 Å². The molecule has 8 nitrogen and oxygen atoms in total. The molecule has 1 N–H and O–H groups in total. The van der Waals surface area contributed by atoms with Gasteiger partial charge in [0, 0.05) is 43.7 Å². The summed E-state index contributed by atoms with van der Waals surface area (Å²) < 4.78 is 4.78. The normalized spacial score (nSPS) is 29.8. The first-order valence-corrected chi connectivity index (χ1v) is 15.1. The van der Waals surface area contributed by atoms with Gasteiger partial charge in [0.05, 0.1) is 23.2 Å². The molecule has 3 amide bonds. The number of carbonyl (C=O) groups is 3. The molecule has 1 aromatic rings. The minimum absolute atomic E-state index is 0.0305. The highest BCUT2D eigenvalue weighted by molar-refractivity contribution is 8.02. The topological polar surface area (TPSA) is 90.4 Å². The highest BCUT2D eigenvalue weighted by Gasteiger charge is 2.70. The molecule has 0 radical (unpaired) electrons. The summed E-state index contributed by atoms with van der Waals surface area (Å²) in [5.74, 6) is -0.688. The molecule has 210 valence electrons. The van der Waals surface area contributed by atoms with Crippen LogP contribution < -0.4 is 9.64 Å². The van der Waals surface area contributed by atoms with Crippen molar-refractivity contribution in [3.8, 4) is 5.75 Å². The first-order chi connectivity index (χ1) is 19.0. The van der Waals surface area contributed by atoms with Gasteiger partial charge in [0.2, 0.25) is 17.7 Å². The molecule has 2 saturated heterocycles. The number of anilines is 1. The molecule has 1 spiro atoms. The maximum absolute atomic E-state index is 14.3. The lowest BCUT2D eigenvalue weighted by molar-refractivity contribution is -0.142. The van der Waals surface area contributed by atoms with Gasteiger partial charge in [0.25, 0.3) is 0 Å². The molecule has 2 fully saturated rings. The first-order valence-electron chi connectivity index (χ1n) is 14.2. The van der Waals surface area contributed by atoms with E-state index in [0.717, 1.165) is 24.3 Å². The summed E-state index contributed by atoms with van der Waals surface area (Å²) in [7, 11) is 0. The van der Waals surface area contributed by atoms with E-state index < -0.39 is 22.6 Å². The molecule has 4 heterocycles. The molecule has 1 unspecified atom stereocenters. The van der Waals surface area contributed by atoms with E-state index in [1.165, 1.54) is 0 Å². The monoisotopic (exact) mass is 553 g/mol. The van der Waals surface area contributed by atoms with Crippen molar-refractivity contribution in [2.45, 2.75) is 55.6 Å². The number of aliphatic hydroxyl groups excluding tert-OH is 1. The number of nitrogens with zero attached hydrogens (tertiary/aromatic N) is 3. The number of hydrogen-bond acceptors (Lipinski definition) is 6. The number of unbranched alkanes of at least 4 members (excludes halogenated alkanes) is 2. The van der Waals surface area contributed by atoms with Gasteiger partial charge >= 0.3 is 0 Å². The van der Waals surface area contributed by atoms with Gasteiger partial charge in [-0.05, 0) is 50.5 Å². The Bertz CT molecular complexity index is 1140. The lowest BCUT2D eigenvalue weighted by Gasteiger charge is -2.35. The second kappa shape index (κ2) is 11.8. The fourth-order valence-electron chi connectivity index (χ4n) is 6.49. The summed E-state index contributed by atoms with van der Waals surface area (Å²) >= 11 is 1.61. The van der Waals surface area contributed by atoms with Crippen molar-refractivity contribution in [2.75, 3.05) is 44.3 Å². The predicted molar refractivity (Wildman–Crippen MR) is 153 cm³/mol. The number of hydrogen-bond donors (Lipinski definition) is 1. The third-order valence-corrected chi connectivity index (χ3v) is 10.0. The molecule has 0 bridgehead atoms. The van der Waals surface area contributed by atoms with Gasteiger partial charge in [0.1, 0.15) is 11.8 Å². The maximum atomic E-state index is 14.3. The smallest absolute Gasteiger partial charge is 0.247 e. The second-order valence-electron chi connectivity index (χ2n) is 10.6. The third-order valence-electron chi connectivity index (χ3n) is 8.29. The van der Waals surface area contributed by atoms with Crippen LogP contribution in [0.15, 0.2) is 48.6 Å². The fraction of sp³-hybridized carbons (Fsp3) is 0.567. The Balaban J connectivity index is 1.51. The van der Waals surface area contributed by atoms with Crippen molar-refractivity contribution in [2.24, 2.45) is 11.8 Å². The lowest BCUT2D eigenvalue weighted by atomic mass is 9.78. The molecule has 0 saturated carbocycles. The van der Waals surface area contributed by atoms with Crippen LogP contribution in [-0.4, -0.2) is 88.1 Å². The molecule has 0 aliphatic carbocycles. The Labute approximate surface area is 235 Å². The van der Waals surface area contributed by atoms with Crippen molar-refractivity contribution in [1.29, 1.82) is 0 Å². The quantitative estimate of drug-likeness (QED) is 0.353. The van der Waals surface area contributed by atoms with E-state index in [2.05, 4.69) is 19.1 Å². The van der Waals surface area contributed by atoms with Gasteiger partial charge in [-0.1, -0.05) is 37.6 Å². The zero-order chi connectivity index (χ0) is 27.6. The summed E-state index contributed by atoms with van der Waals surface area (Å²) in [4.78, 5) is 47.9. The van der Waals surface area contributed by atoms with Gasteiger partial charge in [-0.25, -0.2) is 0 Å². The number of fused-ring (bicyclic) bond motifs is 2. The van der Waals surface area contributed by atoms with E-state index in [-0.39, 0.29) is 29.6 Å². The van der Waals surface area contributed by atoms with Crippen molar-refractivity contribution in [1.82, 2.24) is 9.80 Å². The Kier molecular flexibility index (Phi) is 8.38. The first kappa shape index (κ1) is 27.8. The van der Waals surface area contributed by atoms with E-state index in [4.69, 9.17) is 4.74 Å². The number of aliphatic hydroxyl groups is 1. The van der Waals surface area contributed by atoms with Crippen LogP contribution in [0.1, 0.15) is 39.5 Å². The summed E-state index contributed by atoms with van der Waals surface area (Å²) in [5.41, 5.74) is 0.764. The highest BCUT2D eigenvalue weighted by atomic mass is 32.2. The average Bonchev–Trinajstić information content (AvgIpc) is 3.24. The fourth-order valence-corrected chi connectivity index (χ4v) is 8.50. The minimum Gasteiger partial charge on any atom is -0.494 e. The average molecular weight is 554 g/mol. The van der Waals surface area contributed by atoms with E-state index in [1.54, 1.807) is 21.6 Å². The highest BCUT2D eigenvalue weighted by Crippen LogP contribution is 2.61. The van der Waals surface area contributed by atoms with Crippen LogP contribution in [-0.2, 0) is 14.4 Å². The van der Waals surface area contributed by atoms with E-state index >= 15 is 0 Å². The number of carbonyl (C=O) groups excluding carboxylic acids is 3. The standard InChI is InChI=1S/C30H39N3O5S/c1-3-5-16-31-17-9-15-30-25(28(36)33(18-6-7-20-34)26(30)29(31)37)24-23(39-30)10-8-19-32(27(24)35)21-11-13-22(14-12-21)38-4-2/h8-15,23-26,34H,3-7,16-20H2,1-2H3/t23-,24+,25-,26?,30-/m0/s1. The zero-order valence-corrected chi connectivity index (χ0v) is 23.6. The molecule has 9 heteroatoms. The molecular weight excluding hydrogens is 514 g/mol. The Morgan fingerprint density at radius 2 is 1.77 bits per heavy atom. The molecular formula is C30H39N3O5S. The van der Waals surface area contributed by atoms with Crippen LogP contribution >= 0.6 is 11.8 Å². The molecule has 4 aliphatic rings. The van der Waals surface area contributed by atoms with Gasteiger partial charge in [-0.3, -0.25) is 14.4 Å². The predicted octanol–water partition coefficient (Wildman–Crippen LogP) is 3.26. The van der Waals surface area contributed by atoms with Crippen LogP contribution in [0.25, 0.3) is 0 Å². The van der Waals surface area contributed by atoms with Crippen molar-refractivity contribution in [3.63, 3.8) is 0 Å². The number of likely N-dealkylation sites (tertiary alicyclic amines) is 1. The zero-order valence-electron chi connectivity index (χ0n) is 22.8. The van der Waals surface area contributed by atoms with Crippen molar-refractivity contribution < 1.29 is 24.2 Å².